The van der Waals surface area contributed by atoms with Gasteiger partial charge in [0.25, 0.3) is 5.91 Å². The van der Waals surface area contributed by atoms with Crippen LogP contribution in [-0.2, 0) is 12.8 Å². The Morgan fingerprint density at radius 1 is 0.935 bits per heavy atom. The van der Waals surface area contributed by atoms with Gasteiger partial charge in [-0.25, -0.2) is 4.98 Å². The maximum atomic E-state index is 12.7. The Hall–Kier alpha value is -3.48. The van der Waals surface area contributed by atoms with Gasteiger partial charge in [-0.05, 0) is 42.0 Å². The predicted octanol–water partition coefficient (Wildman–Crippen LogP) is 3.57. The third kappa shape index (κ3) is 7.37. The second-order valence-electron chi connectivity index (χ2n) is 7.75. The van der Waals surface area contributed by atoms with Crippen molar-refractivity contribution >= 4 is 17.7 Å². The summed E-state index contributed by atoms with van der Waals surface area (Å²) in [7, 11) is 0. The molecule has 1 amide bonds. The first kappa shape index (κ1) is 22.2. The minimum Gasteiger partial charge on any atom is -0.369 e. The predicted molar refractivity (Wildman–Crippen MR) is 124 cm³/mol. The van der Waals surface area contributed by atoms with Gasteiger partial charge in [0.2, 0.25) is 5.95 Å². The van der Waals surface area contributed by atoms with Crippen LogP contribution in [0.3, 0.4) is 0 Å². The van der Waals surface area contributed by atoms with Gasteiger partial charge in [-0.15, -0.1) is 0 Å². The molecule has 3 rings (SSSR count). The standard InChI is InChI=1S/C24H30N6O/c1-18(2)16-28-23(31)21-17-29-24(27-15-11-20-8-12-25-13-9-20)30-22(21)26-14-10-19-6-4-3-5-7-19/h3-9,12-13,17-18H,10-11,14-16H2,1-2H3,(H,28,31)(H2,26,27,29,30). The molecule has 2 heterocycles. The summed E-state index contributed by atoms with van der Waals surface area (Å²) in [6.07, 6.45) is 6.82. The molecule has 0 saturated carbocycles. The van der Waals surface area contributed by atoms with Gasteiger partial charge in [0.05, 0.1) is 0 Å². The third-order valence-electron chi connectivity index (χ3n) is 4.70. The first-order valence-corrected chi connectivity index (χ1v) is 10.7. The van der Waals surface area contributed by atoms with Crippen LogP contribution in [0, 0.1) is 5.92 Å². The minimum atomic E-state index is -0.167. The highest BCUT2D eigenvalue weighted by Gasteiger charge is 2.15. The minimum absolute atomic E-state index is 0.167. The molecule has 31 heavy (non-hydrogen) atoms. The van der Waals surface area contributed by atoms with Gasteiger partial charge in [-0.1, -0.05) is 44.2 Å². The molecule has 0 unspecified atom stereocenters. The lowest BCUT2D eigenvalue weighted by molar-refractivity contribution is 0.0949. The van der Waals surface area contributed by atoms with Crippen molar-refractivity contribution < 1.29 is 4.79 Å². The van der Waals surface area contributed by atoms with E-state index < -0.39 is 0 Å². The van der Waals surface area contributed by atoms with Crippen molar-refractivity contribution in [2.24, 2.45) is 5.92 Å². The largest absolute Gasteiger partial charge is 0.369 e. The Kier molecular flexibility index (Phi) is 8.34. The molecule has 0 fully saturated rings. The molecule has 7 heteroatoms. The van der Waals surface area contributed by atoms with E-state index in [1.807, 2.05) is 30.3 Å². The zero-order valence-electron chi connectivity index (χ0n) is 18.1. The number of benzene rings is 1. The molecular formula is C24H30N6O. The Balaban J connectivity index is 1.66. The monoisotopic (exact) mass is 418 g/mol. The summed E-state index contributed by atoms with van der Waals surface area (Å²) in [5.41, 5.74) is 2.87. The summed E-state index contributed by atoms with van der Waals surface area (Å²) < 4.78 is 0. The topological polar surface area (TPSA) is 91.8 Å². The van der Waals surface area contributed by atoms with Crippen LogP contribution in [0.25, 0.3) is 0 Å². The van der Waals surface area contributed by atoms with Crippen molar-refractivity contribution in [1.82, 2.24) is 20.3 Å². The molecule has 3 aromatic rings. The quantitative estimate of drug-likeness (QED) is 0.441. The molecule has 3 N–H and O–H groups in total. The van der Waals surface area contributed by atoms with Gasteiger partial charge in [0.1, 0.15) is 11.4 Å². The van der Waals surface area contributed by atoms with Crippen molar-refractivity contribution in [3.63, 3.8) is 0 Å². The first-order valence-electron chi connectivity index (χ1n) is 10.7. The molecule has 162 valence electrons. The highest BCUT2D eigenvalue weighted by molar-refractivity contribution is 5.98. The normalized spacial score (nSPS) is 10.7. The van der Waals surface area contributed by atoms with E-state index >= 15 is 0 Å². The molecule has 0 saturated heterocycles. The molecule has 0 aliphatic rings. The SMILES string of the molecule is CC(C)CNC(=O)c1cnc(NCCc2ccncc2)nc1NCCc1ccccc1. The summed E-state index contributed by atoms with van der Waals surface area (Å²) in [6, 6.07) is 14.2. The zero-order chi connectivity index (χ0) is 21.9. The Morgan fingerprint density at radius 2 is 1.61 bits per heavy atom. The van der Waals surface area contributed by atoms with Crippen LogP contribution in [-0.4, -0.2) is 40.5 Å². The van der Waals surface area contributed by atoms with Gasteiger partial charge in [-0.2, -0.15) is 4.98 Å². The molecular weight excluding hydrogens is 388 g/mol. The molecule has 0 atom stereocenters. The van der Waals surface area contributed by atoms with E-state index in [0.29, 0.717) is 42.9 Å². The number of aromatic nitrogens is 3. The van der Waals surface area contributed by atoms with Crippen molar-refractivity contribution in [2.75, 3.05) is 30.3 Å². The molecule has 2 aromatic heterocycles. The summed E-state index contributed by atoms with van der Waals surface area (Å²) in [6.45, 7) is 6.08. The van der Waals surface area contributed by atoms with Crippen LogP contribution in [0.1, 0.15) is 35.3 Å². The highest BCUT2D eigenvalue weighted by atomic mass is 16.1. The van der Waals surface area contributed by atoms with Crippen LogP contribution in [0.15, 0.2) is 61.1 Å². The molecule has 0 spiro atoms. The van der Waals surface area contributed by atoms with Gasteiger partial charge >= 0.3 is 0 Å². The van der Waals surface area contributed by atoms with Crippen molar-refractivity contribution in [1.29, 1.82) is 0 Å². The van der Waals surface area contributed by atoms with E-state index in [-0.39, 0.29) is 5.91 Å². The third-order valence-corrected chi connectivity index (χ3v) is 4.70. The number of carbonyl (C=O) groups excluding carboxylic acids is 1. The van der Waals surface area contributed by atoms with E-state index in [1.165, 1.54) is 11.1 Å². The number of pyridine rings is 1. The zero-order valence-corrected chi connectivity index (χ0v) is 18.1. The van der Waals surface area contributed by atoms with Gasteiger partial charge in [-0.3, -0.25) is 9.78 Å². The maximum absolute atomic E-state index is 12.7. The average Bonchev–Trinajstić information content (AvgIpc) is 2.79. The second-order valence-corrected chi connectivity index (χ2v) is 7.75. The number of nitrogens with one attached hydrogen (secondary N) is 3. The average molecular weight is 419 g/mol. The van der Waals surface area contributed by atoms with Gasteiger partial charge < -0.3 is 16.0 Å². The number of amides is 1. The fourth-order valence-corrected chi connectivity index (χ4v) is 3.00. The lowest BCUT2D eigenvalue weighted by Crippen LogP contribution is -2.29. The molecule has 0 aliphatic heterocycles. The Bertz CT molecular complexity index is 947. The summed E-state index contributed by atoms with van der Waals surface area (Å²) >= 11 is 0. The molecule has 0 radical (unpaired) electrons. The molecule has 1 aromatic carbocycles. The summed E-state index contributed by atoms with van der Waals surface area (Å²) in [5.74, 6) is 1.24. The molecule has 0 bridgehead atoms. The number of hydrogen-bond acceptors (Lipinski definition) is 6. The van der Waals surface area contributed by atoms with Crippen molar-refractivity contribution in [3.05, 3.63) is 77.7 Å². The second kappa shape index (κ2) is 11.6. The van der Waals surface area contributed by atoms with Gasteiger partial charge in [0, 0.05) is 38.2 Å². The first-order chi connectivity index (χ1) is 15.1. The Labute approximate surface area is 183 Å². The maximum Gasteiger partial charge on any atom is 0.256 e. The van der Waals surface area contributed by atoms with E-state index in [4.69, 9.17) is 0 Å². The fourth-order valence-electron chi connectivity index (χ4n) is 3.00. The fraction of sp³-hybridized carbons (Fsp3) is 0.333. The van der Waals surface area contributed by atoms with Crippen molar-refractivity contribution in [3.8, 4) is 0 Å². The van der Waals surface area contributed by atoms with Crippen LogP contribution < -0.4 is 16.0 Å². The lowest BCUT2D eigenvalue weighted by Gasteiger charge is -2.14. The smallest absolute Gasteiger partial charge is 0.256 e. The lowest BCUT2D eigenvalue weighted by atomic mass is 10.1. The number of hydrogen-bond donors (Lipinski definition) is 3. The van der Waals surface area contributed by atoms with E-state index in [0.717, 1.165) is 12.8 Å². The molecule has 0 aliphatic carbocycles. The van der Waals surface area contributed by atoms with Crippen LogP contribution in [0.5, 0.6) is 0 Å². The van der Waals surface area contributed by atoms with E-state index in [9.17, 15) is 4.79 Å². The van der Waals surface area contributed by atoms with Crippen LogP contribution in [0.4, 0.5) is 11.8 Å². The van der Waals surface area contributed by atoms with E-state index in [2.05, 4.69) is 56.9 Å². The molecule has 7 nitrogen and oxygen atoms in total. The Morgan fingerprint density at radius 3 is 2.32 bits per heavy atom. The van der Waals surface area contributed by atoms with Gasteiger partial charge in [0.15, 0.2) is 0 Å². The summed E-state index contributed by atoms with van der Waals surface area (Å²) in [4.78, 5) is 25.6. The number of rotatable bonds is 11. The number of carbonyl (C=O) groups is 1. The van der Waals surface area contributed by atoms with Crippen LogP contribution >= 0.6 is 0 Å². The highest BCUT2D eigenvalue weighted by Crippen LogP contribution is 2.15. The number of nitrogens with zero attached hydrogens (tertiary/aromatic N) is 3. The summed E-state index contributed by atoms with van der Waals surface area (Å²) in [5, 5.41) is 9.51. The number of anilines is 2. The van der Waals surface area contributed by atoms with Crippen molar-refractivity contribution in [2.45, 2.75) is 26.7 Å². The van der Waals surface area contributed by atoms with Crippen LogP contribution in [0.2, 0.25) is 0 Å². The van der Waals surface area contributed by atoms with E-state index in [1.54, 1.807) is 18.6 Å².